The van der Waals surface area contributed by atoms with Gasteiger partial charge in [-0.2, -0.15) is 0 Å². The van der Waals surface area contributed by atoms with E-state index in [9.17, 15) is 9.59 Å². The van der Waals surface area contributed by atoms with Crippen LogP contribution in [0.2, 0.25) is 0 Å². The minimum atomic E-state index is -0.0681. The number of amides is 1. The van der Waals surface area contributed by atoms with Gasteiger partial charge in [0.2, 0.25) is 5.91 Å². The number of nitrogens with one attached hydrogen (secondary N) is 1. The molecule has 0 spiro atoms. The first kappa shape index (κ1) is 15.9. The molecule has 1 amide bonds. The lowest BCUT2D eigenvalue weighted by atomic mass is 10.1. The molecule has 1 fully saturated rings. The van der Waals surface area contributed by atoms with Crippen LogP contribution in [0.5, 0.6) is 0 Å². The third-order valence-corrected chi connectivity index (χ3v) is 5.30. The highest BCUT2D eigenvalue weighted by Gasteiger charge is 2.28. The Balaban J connectivity index is 1.83. The van der Waals surface area contributed by atoms with Crippen LogP contribution in [-0.2, 0) is 11.3 Å². The Kier molecular flexibility index (Phi) is 4.58. The van der Waals surface area contributed by atoms with Crippen LogP contribution >= 0.6 is 11.3 Å². The Labute approximate surface area is 138 Å². The lowest BCUT2D eigenvalue weighted by molar-refractivity contribution is -0.135. The van der Waals surface area contributed by atoms with Gasteiger partial charge in [-0.15, -0.1) is 0 Å². The van der Waals surface area contributed by atoms with Crippen molar-refractivity contribution in [2.45, 2.75) is 26.4 Å². The van der Waals surface area contributed by atoms with Crippen molar-refractivity contribution in [2.24, 2.45) is 0 Å². The van der Waals surface area contributed by atoms with Crippen LogP contribution in [0.1, 0.15) is 22.2 Å². The standard InChI is InChI=1S/C16H20N4O2S/c1-11-12(2)23-16(22)20(11)10-15(21)19-7-6-18-9-14(19)13-4-3-5-17-8-13/h3-5,8,14,18H,6-7,9-10H2,1-2H3. The fourth-order valence-corrected chi connectivity index (χ4v) is 3.70. The topological polar surface area (TPSA) is 67.2 Å². The van der Waals surface area contributed by atoms with Crippen LogP contribution in [-0.4, -0.2) is 40.0 Å². The van der Waals surface area contributed by atoms with Crippen LogP contribution in [0.4, 0.5) is 0 Å². The Morgan fingerprint density at radius 2 is 2.30 bits per heavy atom. The average molecular weight is 332 g/mol. The first-order valence-electron chi connectivity index (χ1n) is 7.65. The lowest BCUT2D eigenvalue weighted by Crippen LogP contribution is -2.50. The Hall–Kier alpha value is -1.99. The number of rotatable bonds is 3. The highest BCUT2D eigenvalue weighted by molar-refractivity contribution is 7.09. The summed E-state index contributed by atoms with van der Waals surface area (Å²) in [6.45, 7) is 6.00. The third-order valence-electron chi connectivity index (χ3n) is 4.30. The van der Waals surface area contributed by atoms with Gasteiger partial charge < -0.3 is 10.2 Å². The first-order chi connectivity index (χ1) is 11.1. The molecule has 7 heteroatoms. The molecular formula is C16H20N4O2S. The van der Waals surface area contributed by atoms with E-state index in [0.29, 0.717) is 13.1 Å². The molecule has 122 valence electrons. The molecule has 0 aromatic carbocycles. The van der Waals surface area contributed by atoms with Crippen molar-refractivity contribution < 1.29 is 4.79 Å². The average Bonchev–Trinajstić information content (AvgIpc) is 2.82. The largest absolute Gasteiger partial charge is 0.331 e. The minimum absolute atomic E-state index is 0.0247. The van der Waals surface area contributed by atoms with Crippen LogP contribution in [0, 0.1) is 13.8 Å². The zero-order chi connectivity index (χ0) is 16.4. The summed E-state index contributed by atoms with van der Waals surface area (Å²) in [5.74, 6) is -0.0247. The van der Waals surface area contributed by atoms with Crippen molar-refractivity contribution in [1.82, 2.24) is 19.8 Å². The maximum absolute atomic E-state index is 12.8. The Morgan fingerprint density at radius 1 is 1.48 bits per heavy atom. The van der Waals surface area contributed by atoms with Crippen molar-refractivity contribution in [3.8, 4) is 0 Å². The number of hydrogen-bond acceptors (Lipinski definition) is 5. The van der Waals surface area contributed by atoms with Gasteiger partial charge in [0, 0.05) is 42.6 Å². The summed E-state index contributed by atoms with van der Waals surface area (Å²) >= 11 is 1.20. The van der Waals surface area contributed by atoms with Gasteiger partial charge in [-0.25, -0.2) is 0 Å². The van der Waals surface area contributed by atoms with Gasteiger partial charge in [0.25, 0.3) is 0 Å². The molecular weight excluding hydrogens is 312 g/mol. The first-order valence-corrected chi connectivity index (χ1v) is 8.46. The third kappa shape index (κ3) is 3.20. The molecule has 2 aromatic rings. The molecule has 1 unspecified atom stereocenters. The summed E-state index contributed by atoms with van der Waals surface area (Å²) < 4.78 is 1.57. The summed E-state index contributed by atoms with van der Waals surface area (Å²) in [4.78, 5) is 31.7. The molecule has 3 heterocycles. The van der Waals surface area contributed by atoms with Crippen molar-refractivity contribution in [3.05, 3.63) is 50.3 Å². The molecule has 0 radical (unpaired) electrons. The van der Waals surface area contributed by atoms with Crippen molar-refractivity contribution >= 4 is 17.2 Å². The molecule has 3 rings (SSSR count). The van der Waals surface area contributed by atoms with Gasteiger partial charge >= 0.3 is 4.87 Å². The van der Waals surface area contributed by atoms with Gasteiger partial charge in [-0.1, -0.05) is 17.4 Å². The minimum Gasteiger partial charge on any atom is -0.331 e. The summed E-state index contributed by atoms with van der Waals surface area (Å²) in [5.41, 5.74) is 1.89. The maximum atomic E-state index is 12.8. The van der Waals surface area contributed by atoms with Crippen molar-refractivity contribution in [3.63, 3.8) is 0 Å². The molecule has 0 bridgehead atoms. The highest BCUT2D eigenvalue weighted by Crippen LogP contribution is 2.22. The zero-order valence-corrected chi connectivity index (χ0v) is 14.1. The lowest BCUT2D eigenvalue weighted by Gasteiger charge is -2.36. The maximum Gasteiger partial charge on any atom is 0.308 e. The van der Waals surface area contributed by atoms with Crippen LogP contribution in [0.25, 0.3) is 0 Å². The van der Waals surface area contributed by atoms with Gasteiger partial charge in [-0.05, 0) is 25.5 Å². The van der Waals surface area contributed by atoms with Crippen LogP contribution in [0.3, 0.4) is 0 Å². The fourth-order valence-electron chi connectivity index (χ4n) is 2.87. The second-order valence-corrected chi connectivity index (χ2v) is 6.85. The van der Waals surface area contributed by atoms with E-state index in [1.54, 1.807) is 17.0 Å². The van der Waals surface area contributed by atoms with E-state index >= 15 is 0 Å². The predicted molar refractivity (Wildman–Crippen MR) is 89.6 cm³/mol. The number of pyridine rings is 1. The number of nitrogens with zero attached hydrogens (tertiary/aromatic N) is 3. The van der Waals surface area contributed by atoms with Crippen molar-refractivity contribution in [2.75, 3.05) is 19.6 Å². The number of aryl methyl sites for hydroxylation is 1. The Bertz CT molecular complexity index is 753. The SMILES string of the molecule is Cc1sc(=O)n(CC(=O)N2CCNCC2c2cccnc2)c1C. The number of thiazole rings is 1. The highest BCUT2D eigenvalue weighted by atomic mass is 32.1. The number of carbonyl (C=O) groups excluding carboxylic acids is 1. The molecule has 0 aliphatic carbocycles. The number of aromatic nitrogens is 2. The van der Waals surface area contributed by atoms with E-state index in [2.05, 4.69) is 10.3 Å². The predicted octanol–water partition coefficient (Wildman–Crippen LogP) is 1.09. The Morgan fingerprint density at radius 3 is 2.96 bits per heavy atom. The van der Waals surface area contributed by atoms with E-state index in [1.807, 2.05) is 30.9 Å². The molecule has 1 aliphatic heterocycles. The molecule has 2 aromatic heterocycles. The van der Waals surface area contributed by atoms with Crippen LogP contribution < -0.4 is 10.2 Å². The van der Waals surface area contributed by atoms with E-state index in [0.717, 1.165) is 22.7 Å². The summed E-state index contributed by atoms with van der Waals surface area (Å²) in [6.07, 6.45) is 3.52. The van der Waals surface area contributed by atoms with Crippen molar-refractivity contribution in [1.29, 1.82) is 0 Å². The van der Waals surface area contributed by atoms with Gasteiger partial charge in [0.1, 0.15) is 6.54 Å². The summed E-state index contributed by atoms with van der Waals surface area (Å²) in [6, 6.07) is 3.82. The summed E-state index contributed by atoms with van der Waals surface area (Å²) in [7, 11) is 0. The number of carbonyl (C=O) groups is 1. The smallest absolute Gasteiger partial charge is 0.308 e. The monoisotopic (exact) mass is 332 g/mol. The summed E-state index contributed by atoms with van der Waals surface area (Å²) in [5, 5.41) is 3.32. The number of hydrogen-bond donors (Lipinski definition) is 1. The van der Waals surface area contributed by atoms with Gasteiger partial charge in [-0.3, -0.25) is 19.1 Å². The molecule has 1 aliphatic rings. The second-order valence-electron chi connectivity index (χ2n) is 5.69. The normalized spacial score (nSPS) is 18.2. The molecule has 0 saturated carbocycles. The fraction of sp³-hybridized carbons (Fsp3) is 0.438. The molecule has 1 saturated heterocycles. The molecule has 23 heavy (non-hydrogen) atoms. The van der Waals surface area contributed by atoms with E-state index < -0.39 is 0 Å². The van der Waals surface area contributed by atoms with E-state index in [4.69, 9.17) is 0 Å². The van der Waals surface area contributed by atoms with E-state index in [-0.39, 0.29) is 23.4 Å². The van der Waals surface area contributed by atoms with E-state index in [1.165, 1.54) is 11.3 Å². The molecule has 6 nitrogen and oxygen atoms in total. The number of piperazine rings is 1. The second kappa shape index (κ2) is 6.64. The quantitative estimate of drug-likeness (QED) is 0.914. The van der Waals surface area contributed by atoms with Gasteiger partial charge in [0.15, 0.2) is 0 Å². The zero-order valence-electron chi connectivity index (χ0n) is 13.3. The van der Waals surface area contributed by atoms with Gasteiger partial charge in [0.05, 0.1) is 6.04 Å². The van der Waals surface area contributed by atoms with Crippen LogP contribution in [0.15, 0.2) is 29.3 Å². The molecule has 1 N–H and O–H groups in total. The molecule has 1 atom stereocenters.